The van der Waals surface area contributed by atoms with Crippen molar-refractivity contribution in [1.82, 2.24) is 34.6 Å². The average Bonchev–Trinajstić information content (AvgIpc) is 3.46. The number of rotatable bonds is 6. The molecule has 3 fully saturated rings. The lowest BCUT2D eigenvalue weighted by Gasteiger charge is -2.59. The number of carbonyl (C=O) groups excluding carboxylic acids is 1. The van der Waals surface area contributed by atoms with Crippen LogP contribution in [0.25, 0.3) is 11.0 Å². The fourth-order valence-corrected chi connectivity index (χ4v) is 6.61. The maximum atomic E-state index is 13.0. The highest BCUT2D eigenvalue weighted by Crippen LogP contribution is 2.45. The lowest BCUT2D eigenvalue weighted by molar-refractivity contribution is -0.0602. The molecule has 9 heteroatoms. The van der Waals surface area contributed by atoms with Gasteiger partial charge in [-0.2, -0.15) is 4.98 Å². The predicted octanol–water partition coefficient (Wildman–Crippen LogP) is 4.17. The second kappa shape index (κ2) is 9.61. The van der Waals surface area contributed by atoms with Gasteiger partial charge in [0.25, 0.3) is 5.91 Å². The van der Waals surface area contributed by atoms with Crippen LogP contribution in [0.15, 0.2) is 30.6 Å². The minimum Gasteiger partial charge on any atom is -0.343 e. The van der Waals surface area contributed by atoms with Crippen LogP contribution in [0.4, 0.5) is 11.8 Å². The van der Waals surface area contributed by atoms with Gasteiger partial charge in [-0.05, 0) is 36.0 Å². The number of likely N-dealkylation sites (tertiary alicyclic amines) is 1. The molecular weight excluding hydrogens is 476 g/mol. The van der Waals surface area contributed by atoms with E-state index in [0.29, 0.717) is 35.7 Å². The van der Waals surface area contributed by atoms with Crippen LogP contribution in [-0.4, -0.2) is 81.0 Å². The lowest BCUT2D eigenvalue weighted by atomic mass is 9.68. The number of pyridine rings is 1. The van der Waals surface area contributed by atoms with Crippen LogP contribution >= 0.6 is 0 Å². The molecule has 1 saturated carbocycles. The molecule has 3 aromatic heterocycles. The Balaban J connectivity index is 1.23. The third-order valence-corrected chi connectivity index (χ3v) is 8.61. The molecule has 5 heterocycles. The molecule has 6 rings (SSSR count). The van der Waals surface area contributed by atoms with E-state index in [0.717, 1.165) is 49.3 Å². The quantitative estimate of drug-likeness (QED) is 0.508. The zero-order chi connectivity index (χ0) is 26.6. The Morgan fingerprint density at radius 2 is 1.84 bits per heavy atom. The number of aromatic nitrogens is 4. The van der Waals surface area contributed by atoms with Crippen LogP contribution < -0.4 is 10.6 Å². The summed E-state index contributed by atoms with van der Waals surface area (Å²) in [6.07, 6.45) is 8.31. The van der Waals surface area contributed by atoms with E-state index in [-0.39, 0.29) is 11.3 Å². The van der Waals surface area contributed by atoms with Crippen molar-refractivity contribution in [3.05, 3.63) is 41.9 Å². The molecule has 2 saturated heterocycles. The second-order valence-electron chi connectivity index (χ2n) is 12.5. The molecule has 3 aliphatic rings. The van der Waals surface area contributed by atoms with Crippen LogP contribution in [0.1, 0.15) is 74.5 Å². The van der Waals surface area contributed by atoms with Gasteiger partial charge in [-0.3, -0.25) is 9.69 Å². The monoisotopic (exact) mass is 516 g/mol. The van der Waals surface area contributed by atoms with Crippen molar-refractivity contribution < 1.29 is 4.79 Å². The van der Waals surface area contributed by atoms with Gasteiger partial charge in [0.05, 0.1) is 0 Å². The zero-order valence-electron chi connectivity index (χ0n) is 23.2. The Labute approximate surface area is 225 Å². The Hall–Kier alpha value is -3.04. The largest absolute Gasteiger partial charge is 0.343 e. The van der Waals surface area contributed by atoms with E-state index >= 15 is 0 Å². The predicted molar refractivity (Wildman–Crippen MR) is 150 cm³/mol. The summed E-state index contributed by atoms with van der Waals surface area (Å²) in [5, 5.41) is 7.61. The van der Waals surface area contributed by atoms with E-state index < -0.39 is 0 Å². The molecule has 1 aliphatic carbocycles. The van der Waals surface area contributed by atoms with E-state index in [9.17, 15) is 4.79 Å². The van der Waals surface area contributed by atoms with Crippen molar-refractivity contribution in [2.45, 2.75) is 70.5 Å². The van der Waals surface area contributed by atoms with Gasteiger partial charge >= 0.3 is 0 Å². The normalized spacial score (nSPS) is 22.9. The van der Waals surface area contributed by atoms with Crippen molar-refractivity contribution in [1.29, 1.82) is 0 Å². The van der Waals surface area contributed by atoms with Gasteiger partial charge in [0.15, 0.2) is 0 Å². The van der Waals surface area contributed by atoms with Crippen LogP contribution in [0, 0.1) is 5.41 Å². The van der Waals surface area contributed by atoms with Crippen LogP contribution in [-0.2, 0) is 0 Å². The first-order valence-electron chi connectivity index (χ1n) is 14.0. The molecule has 0 spiro atoms. The first-order valence-corrected chi connectivity index (χ1v) is 14.0. The molecule has 2 atom stereocenters. The third-order valence-electron chi connectivity index (χ3n) is 8.61. The lowest BCUT2D eigenvalue weighted by Crippen LogP contribution is -2.70. The summed E-state index contributed by atoms with van der Waals surface area (Å²) in [7, 11) is 3.59. The average molecular weight is 517 g/mol. The van der Waals surface area contributed by atoms with Gasteiger partial charge in [-0.25, -0.2) is 9.97 Å². The number of anilines is 2. The van der Waals surface area contributed by atoms with Crippen molar-refractivity contribution >= 4 is 28.7 Å². The number of nitrogens with zero attached hydrogens (tertiary/aromatic N) is 6. The Kier molecular flexibility index (Phi) is 6.39. The molecular formula is C29H40N8O. The highest BCUT2D eigenvalue weighted by Gasteiger charge is 2.50. The molecule has 2 aliphatic heterocycles. The van der Waals surface area contributed by atoms with Crippen molar-refractivity contribution in [3.8, 4) is 0 Å². The summed E-state index contributed by atoms with van der Waals surface area (Å²) < 4.78 is 2.14. The first kappa shape index (κ1) is 25.2. The van der Waals surface area contributed by atoms with E-state index in [4.69, 9.17) is 9.97 Å². The van der Waals surface area contributed by atoms with E-state index in [1.165, 1.54) is 18.4 Å². The molecule has 2 N–H and O–H groups in total. The molecule has 0 aromatic carbocycles. The number of carbonyl (C=O) groups is 1. The van der Waals surface area contributed by atoms with E-state index in [1.807, 2.05) is 24.5 Å². The van der Waals surface area contributed by atoms with Gasteiger partial charge in [0.1, 0.15) is 17.2 Å². The molecule has 0 bridgehead atoms. The number of hydrogen-bond donors (Lipinski definition) is 2. The van der Waals surface area contributed by atoms with E-state index in [2.05, 4.69) is 51.9 Å². The van der Waals surface area contributed by atoms with Gasteiger partial charge in [0, 0.05) is 75.6 Å². The molecule has 38 heavy (non-hydrogen) atoms. The Morgan fingerprint density at radius 1 is 1.08 bits per heavy atom. The highest BCUT2D eigenvalue weighted by atomic mass is 16.2. The molecule has 1 amide bonds. The second-order valence-corrected chi connectivity index (χ2v) is 12.5. The van der Waals surface area contributed by atoms with Gasteiger partial charge in [-0.15, -0.1) is 0 Å². The molecule has 202 valence electrons. The standard InChI is InChI=1S/C29H40N8O/c1-29(2,3)25-22(17-36(25)21-15-30-16-21)18-10-11-24(31-13-18)33-28-32-14-19-12-23(27(38)35(4)5)37(26(19)34-28)20-8-6-7-9-20/h10-14,20-22,25,30H,6-9,15-17H2,1-5H3,(H,31,32,33,34). The number of hydrogen-bond acceptors (Lipinski definition) is 7. The van der Waals surface area contributed by atoms with Crippen molar-refractivity contribution in [2.24, 2.45) is 5.41 Å². The minimum absolute atomic E-state index is 0.00152. The van der Waals surface area contributed by atoms with Gasteiger partial charge in [0.2, 0.25) is 5.95 Å². The summed E-state index contributed by atoms with van der Waals surface area (Å²) >= 11 is 0. The summed E-state index contributed by atoms with van der Waals surface area (Å²) in [4.78, 5) is 31.4. The fraction of sp³-hybridized carbons (Fsp3) is 0.586. The number of nitrogens with one attached hydrogen (secondary N) is 2. The van der Waals surface area contributed by atoms with Crippen LogP contribution in [0.2, 0.25) is 0 Å². The fourth-order valence-electron chi connectivity index (χ4n) is 6.61. The summed E-state index contributed by atoms with van der Waals surface area (Å²) in [5.41, 5.74) is 2.99. The van der Waals surface area contributed by atoms with Crippen LogP contribution in [0.5, 0.6) is 0 Å². The van der Waals surface area contributed by atoms with Gasteiger partial charge < -0.3 is 20.1 Å². The Morgan fingerprint density at radius 3 is 2.45 bits per heavy atom. The van der Waals surface area contributed by atoms with E-state index in [1.54, 1.807) is 19.0 Å². The SMILES string of the molecule is CN(C)C(=O)c1cc2cnc(Nc3ccc(C4CN(C5CNC5)C4C(C)(C)C)cn3)nc2n1C1CCCC1. The Bertz CT molecular complexity index is 1310. The molecule has 0 radical (unpaired) electrons. The third kappa shape index (κ3) is 4.45. The maximum absolute atomic E-state index is 13.0. The molecule has 9 nitrogen and oxygen atoms in total. The number of amides is 1. The summed E-state index contributed by atoms with van der Waals surface area (Å²) in [6, 6.07) is 7.63. The first-order chi connectivity index (χ1) is 18.2. The topological polar surface area (TPSA) is 91.2 Å². The van der Waals surface area contributed by atoms with Crippen molar-refractivity contribution in [3.63, 3.8) is 0 Å². The van der Waals surface area contributed by atoms with Crippen molar-refractivity contribution in [2.75, 3.05) is 39.0 Å². The summed E-state index contributed by atoms with van der Waals surface area (Å²) in [5.74, 6) is 1.72. The highest BCUT2D eigenvalue weighted by molar-refractivity contribution is 5.97. The maximum Gasteiger partial charge on any atom is 0.270 e. The zero-order valence-corrected chi connectivity index (χ0v) is 23.2. The van der Waals surface area contributed by atoms with Crippen LogP contribution in [0.3, 0.4) is 0 Å². The minimum atomic E-state index is -0.00152. The molecule has 3 aromatic rings. The smallest absolute Gasteiger partial charge is 0.270 e. The summed E-state index contributed by atoms with van der Waals surface area (Å²) in [6.45, 7) is 10.3. The number of fused-ring (bicyclic) bond motifs is 1. The molecule has 2 unspecified atom stereocenters. The van der Waals surface area contributed by atoms with Gasteiger partial charge in [-0.1, -0.05) is 39.7 Å².